The molecule has 6 nitrogen and oxygen atoms in total. The predicted molar refractivity (Wildman–Crippen MR) is 78.7 cm³/mol. The zero-order valence-corrected chi connectivity index (χ0v) is 12.9. The summed E-state index contributed by atoms with van der Waals surface area (Å²) in [4.78, 5) is 15.2. The molecule has 0 atom stereocenters. The molecule has 2 heterocycles. The van der Waals surface area contributed by atoms with Gasteiger partial charge in [-0.3, -0.25) is 4.98 Å². The van der Waals surface area contributed by atoms with Crippen LogP contribution >= 0.6 is 0 Å². The number of halogens is 5. The maximum Gasteiger partial charge on any atom is 0.433 e. The average molecular weight is 360 g/mol. The lowest BCUT2D eigenvalue weighted by Crippen LogP contribution is -2.44. The van der Waals surface area contributed by atoms with Crippen molar-refractivity contribution in [2.24, 2.45) is 0 Å². The highest BCUT2D eigenvalue weighted by atomic mass is 19.4. The summed E-state index contributed by atoms with van der Waals surface area (Å²) < 4.78 is 63.8. The molecule has 134 valence electrons. The maximum atomic E-state index is 12.9. The molecule has 2 N–H and O–H groups in total. The zero-order chi connectivity index (χ0) is 18.2. The van der Waals surface area contributed by atoms with Gasteiger partial charge in [-0.15, -0.1) is 0 Å². The third kappa shape index (κ3) is 4.28. The summed E-state index contributed by atoms with van der Waals surface area (Å²) in [5.74, 6) is -2.32. The second kappa shape index (κ2) is 6.05. The van der Waals surface area contributed by atoms with E-state index in [9.17, 15) is 22.0 Å². The number of nitrogens with zero attached hydrogens (tertiary/aromatic N) is 4. The smallest absolute Gasteiger partial charge is 0.351 e. The Morgan fingerprint density at radius 3 is 2.44 bits per heavy atom. The molecule has 3 rings (SSSR count). The van der Waals surface area contributed by atoms with Crippen LogP contribution < -0.4 is 10.6 Å². The molecular weight excluding hydrogens is 347 g/mol. The summed E-state index contributed by atoms with van der Waals surface area (Å²) in [5.41, 5.74) is -0.965. The SMILES string of the molecule is Cc1nc(Nc2ccnc(C(F)(F)F)c2)nc(NC2CC(F)(F)C2)n1. The van der Waals surface area contributed by atoms with Crippen LogP contribution in [0.25, 0.3) is 0 Å². The topological polar surface area (TPSA) is 75.6 Å². The van der Waals surface area contributed by atoms with Gasteiger partial charge in [-0.05, 0) is 19.1 Å². The molecule has 2 aromatic heterocycles. The van der Waals surface area contributed by atoms with Crippen LogP contribution in [0.1, 0.15) is 24.4 Å². The van der Waals surface area contributed by atoms with Crippen molar-refractivity contribution in [1.82, 2.24) is 19.9 Å². The first-order chi connectivity index (χ1) is 11.6. The summed E-state index contributed by atoms with van der Waals surface area (Å²) in [6.45, 7) is 1.56. The molecule has 0 aliphatic heterocycles. The van der Waals surface area contributed by atoms with E-state index in [1.807, 2.05) is 0 Å². The minimum Gasteiger partial charge on any atom is -0.351 e. The van der Waals surface area contributed by atoms with E-state index >= 15 is 0 Å². The van der Waals surface area contributed by atoms with Gasteiger partial charge in [0.2, 0.25) is 11.9 Å². The van der Waals surface area contributed by atoms with Gasteiger partial charge in [0, 0.05) is 30.8 Å². The molecule has 1 fully saturated rings. The molecule has 0 bridgehead atoms. The second-order valence-corrected chi connectivity index (χ2v) is 5.69. The Labute approximate surface area is 138 Å². The third-order valence-electron chi connectivity index (χ3n) is 3.48. The molecule has 1 saturated carbocycles. The summed E-state index contributed by atoms with van der Waals surface area (Å²) in [5, 5.41) is 5.39. The number of hydrogen-bond donors (Lipinski definition) is 2. The molecule has 1 aliphatic carbocycles. The summed E-state index contributed by atoms with van der Waals surface area (Å²) in [7, 11) is 0. The van der Waals surface area contributed by atoms with Gasteiger partial charge in [0.1, 0.15) is 11.5 Å². The number of nitrogens with one attached hydrogen (secondary N) is 2. The van der Waals surface area contributed by atoms with Crippen LogP contribution in [0, 0.1) is 6.92 Å². The van der Waals surface area contributed by atoms with Crippen LogP contribution in [0.2, 0.25) is 0 Å². The highest BCUT2D eigenvalue weighted by Crippen LogP contribution is 2.38. The van der Waals surface area contributed by atoms with Crippen LogP contribution in [-0.4, -0.2) is 31.9 Å². The van der Waals surface area contributed by atoms with E-state index in [4.69, 9.17) is 0 Å². The van der Waals surface area contributed by atoms with Gasteiger partial charge in [0.15, 0.2) is 0 Å². The minimum atomic E-state index is -4.57. The quantitative estimate of drug-likeness (QED) is 0.813. The minimum absolute atomic E-state index is 0.000378. The van der Waals surface area contributed by atoms with Crippen molar-refractivity contribution in [3.8, 4) is 0 Å². The number of aromatic nitrogens is 4. The summed E-state index contributed by atoms with van der Waals surface area (Å²) >= 11 is 0. The van der Waals surface area contributed by atoms with E-state index in [2.05, 4.69) is 30.6 Å². The van der Waals surface area contributed by atoms with Crippen molar-refractivity contribution in [1.29, 1.82) is 0 Å². The van der Waals surface area contributed by atoms with Crippen LogP contribution in [0.5, 0.6) is 0 Å². The summed E-state index contributed by atoms with van der Waals surface area (Å²) in [6, 6.07) is 1.69. The molecule has 0 aromatic carbocycles. The molecule has 0 unspecified atom stereocenters. The van der Waals surface area contributed by atoms with Gasteiger partial charge >= 0.3 is 6.18 Å². The average Bonchev–Trinajstić information content (AvgIpc) is 2.44. The van der Waals surface area contributed by atoms with Gasteiger partial charge in [0.25, 0.3) is 5.92 Å². The van der Waals surface area contributed by atoms with Crippen molar-refractivity contribution < 1.29 is 22.0 Å². The van der Waals surface area contributed by atoms with E-state index in [0.717, 1.165) is 12.3 Å². The van der Waals surface area contributed by atoms with Crippen molar-refractivity contribution in [2.45, 2.75) is 37.9 Å². The number of aryl methyl sites for hydroxylation is 1. The van der Waals surface area contributed by atoms with E-state index in [1.165, 1.54) is 6.07 Å². The fourth-order valence-corrected chi connectivity index (χ4v) is 2.34. The Balaban J connectivity index is 1.75. The van der Waals surface area contributed by atoms with Crippen molar-refractivity contribution in [3.63, 3.8) is 0 Å². The first-order valence-electron chi connectivity index (χ1n) is 7.28. The molecule has 0 saturated heterocycles. The highest BCUT2D eigenvalue weighted by molar-refractivity contribution is 5.54. The number of pyridine rings is 1. The largest absolute Gasteiger partial charge is 0.433 e. The Morgan fingerprint density at radius 1 is 1.12 bits per heavy atom. The van der Waals surface area contributed by atoms with E-state index in [0.29, 0.717) is 0 Å². The molecule has 0 spiro atoms. The molecule has 11 heteroatoms. The zero-order valence-electron chi connectivity index (χ0n) is 12.9. The standard InChI is InChI=1S/C14H13F5N6/c1-7-21-11(23-8-2-3-20-10(4-8)14(17,18)19)25-12(22-7)24-9-5-13(15,16)6-9/h2-4,9H,5-6H2,1H3,(H2,20,21,22,23,24,25). The Bertz CT molecular complexity index is 771. The molecule has 25 heavy (non-hydrogen) atoms. The van der Waals surface area contributed by atoms with Gasteiger partial charge in [-0.2, -0.15) is 28.1 Å². The van der Waals surface area contributed by atoms with Crippen molar-refractivity contribution in [3.05, 3.63) is 29.8 Å². The van der Waals surface area contributed by atoms with Crippen LogP contribution in [0.3, 0.4) is 0 Å². The lowest BCUT2D eigenvalue weighted by molar-refractivity contribution is -0.141. The van der Waals surface area contributed by atoms with Gasteiger partial charge < -0.3 is 10.6 Å². The number of anilines is 3. The monoisotopic (exact) mass is 360 g/mol. The van der Waals surface area contributed by atoms with E-state index in [-0.39, 0.29) is 36.3 Å². The van der Waals surface area contributed by atoms with Crippen molar-refractivity contribution >= 4 is 17.6 Å². The van der Waals surface area contributed by atoms with Gasteiger partial charge in [0.05, 0.1) is 0 Å². The first-order valence-corrected chi connectivity index (χ1v) is 7.28. The Morgan fingerprint density at radius 2 is 1.80 bits per heavy atom. The fraction of sp³-hybridized carbons (Fsp3) is 0.429. The molecule has 1 aliphatic rings. The number of rotatable bonds is 4. The van der Waals surface area contributed by atoms with Crippen LogP contribution in [0.15, 0.2) is 18.3 Å². The lowest BCUT2D eigenvalue weighted by atomic mass is 9.88. The number of hydrogen-bond acceptors (Lipinski definition) is 6. The highest BCUT2D eigenvalue weighted by Gasteiger charge is 2.45. The Kier molecular flexibility index (Phi) is 4.17. The lowest BCUT2D eigenvalue weighted by Gasteiger charge is -2.35. The normalized spacial score (nSPS) is 17.0. The summed E-state index contributed by atoms with van der Waals surface area (Å²) in [6.07, 6.45) is -4.21. The van der Waals surface area contributed by atoms with Crippen LogP contribution in [-0.2, 0) is 6.18 Å². The van der Waals surface area contributed by atoms with Crippen LogP contribution in [0.4, 0.5) is 39.5 Å². The number of alkyl halides is 5. The van der Waals surface area contributed by atoms with Crippen molar-refractivity contribution in [2.75, 3.05) is 10.6 Å². The molecule has 0 amide bonds. The molecular formula is C14H13F5N6. The molecule has 0 radical (unpaired) electrons. The first kappa shape index (κ1) is 17.2. The molecule has 2 aromatic rings. The van der Waals surface area contributed by atoms with Gasteiger partial charge in [-0.1, -0.05) is 0 Å². The predicted octanol–water partition coefficient (Wildman–Crippen LogP) is 3.55. The van der Waals surface area contributed by atoms with E-state index in [1.54, 1.807) is 6.92 Å². The fourth-order valence-electron chi connectivity index (χ4n) is 2.34. The van der Waals surface area contributed by atoms with Gasteiger partial charge in [-0.25, -0.2) is 8.78 Å². The second-order valence-electron chi connectivity index (χ2n) is 5.69. The third-order valence-corrected chi connectivity index (χ3v) is 3.48. The maximum absolute atomic E-state index is 12.9. The Hall–Kier alpha value is -2.59. The van der Waals surface area contributed by atoms with E-state index < -0.39 is 23.8 Å².